The summed E-state index contributed by atoms with van der Waals surface area (Å²) in [5.74, 6) is -0.613. The summed E-state index contributed by atoms with van der Waals surface area (Å²) in [5, 5.41) is 9.03. The van der Waals surface area contributed by atoms with Gasteiger partial charge in [0.2, 0.25) is 5.91 Å². The highest BCUT2D eigenvalue weighted by atomic mass is 16.4. The minimum absolute atomic E-state index is 0.0544. The van der Waals surface area contributed by atoms with Crippen LogP contribution in [0.15, 0.2) is 24.3 Å². The first-order valence-electron chi connectivity index (χ1n) is 9.47. The number of hydrogen-bond donors (Lipinski definition) is 1. The van der Waals surface area contributed by atoms with Gasteiger partial charge < -0.3 is 10.0 Å². The molecular formula is C20H29N3O3. The number of carboxylic acid groups (broad SMARTS) is 1. The Bertz CT molecular complexity index is 661. The smallest absolute Gasteiger partial charge is 0.335 e. The summed E-state index contributed by atoms with van der Waals surface area (Å²) in [5.41, 5.74) is 1.51. The number of amides is 1. The Morgan fingerprint density at radius 3 is 2.54 bits per heavy atom. The number of piperazine rings is 1. The number of aromatic carboxylic acids is 1. The van der Waals surface area contributed by atoms with Gasteiger partial charge in [-0.3, -0.25) is 14.6 Å². The van der Waals surface area contributed by atoms with Gasteiger partial charge in [-0.2, -0.15) is 0 Å². The molecule has 1 aromatic rings. The monoisotopic (exact) mass is 359 g/mol. The van der Waals surface area contributed by atoms with Crippen molar-refractivity contribution in [2.24, 2.45) is 0 Å². The molecule has 0 aliphatic carbocycles. The normalized spacial score (nSPS) is 25.5. The van der Waals surface area contributed by atoms with E-state index in [4.69, 9.17) is 5.11 Å². The van der Waals surface area contributed by atoms with E-state index in [2.05, 4.69) is 16.8 Å². The molecule has 6 nitrogen and oxygen atoms in total. The van der Waals surface area contributed by atoms with Crippen LogP contribution in [0.3, 0.4) is 0 Å². The highest BCUT2D eigenvalue weighted by molar-refractivity contribution is 5.87. The Morgan fingerprint density at radius 2 is 1.88 bits per heavy atom. The van der Waals surface area contributed by atoms with Crippen LogP contribution in [-0.2, 0) is 11.3 Å². The van der Waals surface area contributed by atoms with Crippen LogP contribution < -0.4 is 0 Å². The number of nitrogens with zero attached hydrogens (tertiary/aromatic N) is 3. The van der Waals surface area contributed by atoms with Gasteiger partial charge in [0.25, 0.3) is 0 Å². The number of likely N-dealkylation sites (tertiary alicyclic amines) is 1. The van der Waals surface area contributed by atoms with Gasteiger partial charge in [0, 0.05) is 51.2 Å². The molecule has 2 heterocycles. The number of likely N-dealkylation sites (N-methyl/N-ethyl adjacent to an activating group) is 1. The lowest BCUT2D eigenvalue weighted by atomic mass is 9.86. The number of carbonyl (C=O) groups excluding carboxylic acids is 1. The summed E-state index contributed by atoms with van der Waals surface area (Å²) in [7, 11) is 2.19. The predicted molar refractivity (Wildman–Crippen MR) is 100 cm³/mol. The fourth-order valence-corrected chi connectivity index (χ4v) is 4.26. The third-order valence-electron chi connectivity index (χ3n) is 6.07. The number of carbonyl (C=O) groups is 2. The topological polar surface area (TPSA) is 64.1 Å². The lowest BCUT2D eigenvalue weighted by molar-refractivity contribution is -0.130. The lowest BCUT2D eigenvalue weighted by Crippen LogP contribution is -2.60. The summed E-state index contributed by atoms with van der Waals surface area (Å²) in [6.07, 6.45) is 2.55. The van der Waals surface area contributed by atoms with Crippen LogP contribution in [0.4, 0.5) is 0 Å². The second kappa shape index (κ2) is 7.76. The molecular weight excluding hydrogens is 330 g/mol. The number of rotatable bonds is 4. The maximum absolute atomic E-state index is 12.3. The fraction of sp³-hybridized carbons (Fsp3) is 0.600. The van der Waals surface area contributed by atoms with Gasteiger partial charge in [-0.05, 0) is 44.5 Å². The fourth-order valence-electron chi connectivity index (χ4n) is 4.26. The maximum Gasteiger partial charge on any atom is 0.335 e. The molecule has 142 valence electrons. The van der Waals surface area contributed by atoms with Gasteiger partial charge in [-0.1, -0.05) is 12.1 Å². The van der Waals surface area contributed by atoms with Gasteiger partial charge >= 0.3 is 5.97 Å². The third kappa shape index (κ3) is 3.91. The van der Waals surface area contributed by atoms with Crippen LogP contribution in [0.5, 0.6) is 0 Å². The van der Waals surface area contributed by atoms with E-state index in [1.165, 1.54) is 0 Å². The number of hydrogen-bond acceptors (Lipinski definition) is 4. The van der Waals surface area contributed by atoms with Crippen LogP contribution in [0.2, 0.25) is 0 Å². The molecule has 3 rings (SSSR count). The molecule has 0 bridgehead atoms. The molecule has 2 fully saturated rings. The number of carboxylic acids is 1. The SMILES string of the molecule is CCN1CC[C@@]2(CCC1=O)CN(Cc1ccc(C(=O)O)cc1)CCN2C. The van der Waals surface area contributed by atoms with E-state index >= 15 is 0 Å². The molecule has 26 heavy (non-hydrogen) atoms. The van der Waals surface area contributed by atoms with E-state index in [1.807, 2.05) is 24.0 Å². The molecule has 1 atom stereocenters. The zero-order valence-corrected chi connectivity index (χ0v) is 15.8. The summed E-state index contributed by atoms with van der Waals surface area (Å²) in [6.45, 7) is 7.43. The van der Waals surface area contributed by atoms with Crippen molar-refractivity contribution in [1.82, 2.24) is 14.7 Å². The average Bonchev–Trinajstić information content (AvgIpc) is 2.79. The van der Waals surface area contributed by atoms with E-state index in [0.29, 0.717) is 12.0 Å². The van der Waals surface area contributed by atoms with Crippen molar-refractivity contribution in [1.29, 1.82) is 0 Å². The summed E-state index contributed by atoms with van der Waals surface area (Å²) >= 11 is 0. The van der Waals surface area contributed by atoms with E-state index < -0.39 is 5.97 Å². The maximum atomic E-state index is 12.3. The van der Waals surface area contributed by atoms with Gasteiger partial charge in [0.1, 0.15) is 0 Å². The molecule has 0 unspecified atom stereocenters. The van der Waals surface area contributed by atoms with Crippen LogP contribution in [0.25, 0.3) is 0 Å². The summed E-state index contributed by atoms with van der Waals surface area (Å²) < 4.78 is 0. The standard InChI is InChI=1S/C20H29N3O3/c1-3-23-11-10-20(9-8-18(23)24)15-22(13-12-21(20)2)14-16-4-6-17(7-5-16)19(25)26/h4-7H,3,8-15H2,1-2H3,(H,25,26)/t20-/m0/s1. The van der Waals surface area contributed by atoms with Crippen LogP contribution >= 0.6 is 0 Å². The highest BCUT2D eigenvalue weighted by Crippen LogP contribution is 2.32. The van der Waals surface area contributed by atoms with Crippen molar-refractivity contribution in [3.8, 4) is 0 Å². The molecule has 6 heteroatoms. The minimum Gasteiger partial charge on any atom is -0.478 e. The van der Waals surface area contributed by atoms with Crippen LogP contribution in [-0.4, -0.2) is 77.0 Å². The van der Waals surface area contributed by atoms with Crippen molar-refractivity contribution in [3.63, 3.8) is 0 Å². The Balaban J connectivity index is 1.69. The van der Waals surface area contributed by atoms with E-state index in [-0.39, 0.29) is 11.4 Å². The van der Waals surface area contributed by atoms with E-state index in [1.54, 1.807) is 12.1 Å². The zero-order valence-electron chi connectivity index (χ0n) is 15.8. The Morgan fingerprint density at radius 1 is 1.15 bits per heavy atom. The Kier molecular flexibility index (Phi) is 5.63. The average molecular weight is 359 g/mol. The van der Waals surface area contributed by atoms with Crippen molar-refractivity contribution in [2.75, 3.05) is 39.8 Å². The first kappa shape index (κ1) is 18.9. The molecule has 1 N–H and O–H groups in total. The Labute approximate surface area is 155 Å². The zero-order chi connectivity index (χ0) is 18.7. The van der Waals surface area contributed by atoms with Gasteiger partial charge in [0.15, 0.2) is 0 Å². The summed E-state index contributed by atoms with van der Waals surface area (Å²) in [6, 6.07) is 7.16. The van der Waals surface area contributed by atoms with Crippen LogP contribution in [0.1, 0.15) is 42.1 Å². The second-order valence-corrected chi connectivity index (χ2v) is 7.58. The minimum atomic E-state index is -0.890. The first-order chi connectivity index (χ1) is 12.4. The van der Waals surface area contributed by atoms with Crippen molar-refractivity contribution < 1.29 is 14.7 Å². The molecule has 1 spiro atoms. The van der Waals surface area contributed by atoms with E-state index in [0.717, 1.165) is 57.7 Å². The van der Waals surface area contributed by atoms with E-state index in [9.17, 15) is 9.59 Å². The highest BCUT2D eigenvalue weighted by Gasteiger charge is 2.41. The molecule has 1 amide bonds. The van der Waals surface area contributed by atoms with Crippen molar-refractivity contribution in [3.05, 3.63) is 35.4 Å². The molecule has 0 radical (unpaired) electrons. The molecule has 2 aliphatic heterocycles. The molecule has 0 saturated carbocycles. The second-order valence-electron chi connectivity index (χ2n) is 7.58. The largest absolute Gasteiger partial charge is 0.478 e. The quantitative estimate of drug-likeness (QED) is 0.890. The Hall–Kier alpha value is -1.92. The summed E-state index contributed by atoms with van der Waals surface area (Å²) in [4.78, 5) is 30.2. The van der Waals surface area contributed by atoms with Crippen molar-refractivity contribution in [2.45, 2.75) is 38.3 Å². The number of benzene rings is 1. The predicted octanol–water partition coefficient (Wildman–Crippen LogP) is 1.90. The van der Waals surface area contributed by atoms with Crippen LogP contribution in [0, 0.1) is 0 Å². The molecule has 2 saturated heterocycles. The third-order valence-corrected chi connectivity index (χ3v) is 6.07. The van der Waals surface area contributed by atoms with Crippen molar-refractivity contribution >= 4 is 11.9 Å². The molecule has 1 aromatic carbocycles. The van der Waals surface area contributed by atoms with Gasteiger partial charge in [0.05, 0.1) is 5.56 Å². The van der Waals surface area contributed by atoms with Gasteiger partial charge in [-0.15, -0.1) is 0 Å². The molecule has 2 aliphatic rings. The lowest BCUT2D eigenvalue weighted by Gasteiger charge is -2.49. The van der Waals surface area contributed by atoms with Gasteiger partial charge in [-0.25, -0.2) is 4.79 Å². The first-order valence-corrected chi connectivity index (χ1v) is 9.47. The molecule has 0 aromatic heterocycles.